The van der Waals surface area contributed by atoms with Crippen LogP contribution in [0.15, 0.2) is 161 Å². The summed E-state index contributed by atoms with van der Waals surface area (Å²) in [7, 11) is 0. The molecule has 3 heterocycles. The van der Waals surface area contributed by atoms with Gasteiger partial charge in [0.25, 0.3) is 0 Å². The molecule has 2 aliphatic heterocycles. The molecule has 0 saturated carbocycles. The molecule has 6 aromatic carbocycles. The number of rotatable bonds is 4. The van der Waals surface area contributed by atoms with E-state index in [1.54, 1.807) is 0 Å². The first-order chi connectivity index (χ1) is 23.8. The van der Waals surface area contributed by atoms with Crippen molar-refractivity contribution in [3.05, 3.63) is 151 Å². The number of aromatic nitrogens is 1. The zero-order valence-electron chi connectivity index (χ0n) is 26.7. The number of allylic oxidation sites excluding steroid dienone is 3. The van der Waals surface area contributed by atoms with Crippen molar-refractivity contribution in [3.63, 3.8) is 0 Å². The minimum atomic E-state index is 0.478. The number of fused-ring (bicyclic) bond motifs is 6. The molecule has 4 nitrogen and oxygen atoms in total. The van der Waals surface area contributed by atoms with Crippen molar-refractivity contribution >= 4 is 72.6 Å². The third kappa shape index (κ3) is 4.04. The van der Waals surface area contributed by atoms with Crippen molar-refractivity contribution < 1.29 is 0 Å². The number of benzene rings is 6. The maximum absolute atomic E-state index is 3.87. The lowest BCUT2D eigenvalue weighted by Gasteiger charge is -2.37. The van der Waals surface area contributed by atoms with Gasteiger partial charge in [0.05, 0.1) is 39.7 Å². The number of hydrogen-bond acceptors (Lipinski definition) is 4. The van der Waals surface area contributed by atoms with E-state index in [-0.39, 0.29) is 0 Å². The second-order valence-corrected chi connectivity index (χ2v) is 14.2. The van der Waals surface area contributed by atoms with Gasteiger partial charge in [0.2, 0.25) is 0 Å². The number of aromatic amines is 1. The van der Waals surface area contributed by atoms with Crippen molar-refractivity contribution in [2.75, 3.05) is 16.3 Å². The molecule has 0 spiro atoms. The molecule has 1 saturated heterocycles. The van der Waals surface area contributed by atoms with Crippen LogP contribution in [0.5, 0.6) is 0 Å². The first-order valence-electron chi connectivity index (χ1n) is 16.9. The van der Waals surface area contributed by atoms with Gasteiger partial charge >= 0.3 is 0 Å². The summed E-state index contributed by atoms with van der Waals surface area (Å²) in [5.74, 6) is 1.06. The Bertz CT molecular complexity index is 2370. The standard InChI is InChI=1S/C43H34N4S/c1-27-26-45-41-29(27)17-11-21-37(41)47(36-20-10-12-28-24-25-44-40(28)36)43-32-15-4-2-13-30(32)42(31-14-3-5-16-33(31)43)46-34-18-6-8-22-38(34)48-39-23-9-7-19-35(39)46/h2-16,18-25,27,29,44-45H,17,26H2,1H3. The molecule has 3 aliphatic rings. The van der Waals surface area contributed by atoms with Gasteiger partial charge in [0.15, 0.2) is 0 Å². The molecular weight excluding hydrogens is 605 g/mol. The van der Waals surface area contributed by atoms with Gasteiger partial charge in [-0.3, -0.25) is 0 Å². The zero-order valence-corrected chi connectivity index (χ0v) is 27.5. The lowest BCUT2D eigenvalue weighted by Crippen LogP contribution is -2.25. The molecule has 10 rings (SSSR count). The molecule has 1 fully saturated rings. The number of H-pyrrole nitrogens is 1. The van der Waals surface area contributed by atoms with Crippen LogP contribution in [0.1, 0.15) is 13.3 Å². The van der Waals surface area contributed by atoms with Crippen molar-refractivity contribution in [1.29, 1.82) is 0 Å². The first-order valence-corrected chi connectivity index (χ1v) is 17.7. The monoisotopic (exact) mass is 638 g/mol. The Morgan fingerprint density at radius 3 is 2.06 bits per heavy atom. The van der Waals surface area contributed by atoms with Gasteiger partial charge < -0.3 is 20.1 Å². The predicted octanol–water partition coefficient (Wildman–Crippen LogP) is 11.6. The first kappa shape index (κ1) is 27.7. The Balaban J connectivity index is 1.34. The van der Waals surface area contributed by atoms with E-state index in [0.29, 0.717) is 11.8 Å². The van der Waals surface area contributed by atoms with Gasteiger partial charge in [-0.05, 0) is 54.8 Å². The number of nitrogens with zero attached hydrogens (tertiary/aromatic N) is 2. The molecule has 2 atom stereocenters. The molecule has 0 amide bonds. The Kier molecular flexibility index (Phi) is 6.25. The molecule has 1 aromatic heterocycles. The van der Waals surface area contributed by atoms with E-state index in [1.165, 1.54) is 70.9 Å². The van der Waals surface area contributed by atoms with E-state index >= 15 is 0 Å². The van der Waals surface area contributed by atoms with Crippen LogP contribution < -0.4 is 15.1 Å². The van der Waals surface area contributed by atoms with Crippen LogP contribution in [0.2, 0.25) is 0 Å². The van der Waals surface area contributed by atoms with E-state index < -0.39 is 0 Å². The summed E-state index contributed by atoms with van der Waals surface area (Å²) in [6.45, 7) is 3.38. The average molecular weight is 639 g/mol. The lowest BCUT2D eigenvalue weighted by molar-refractivity contribution is 0.480. The predicted molar refractivity (Wildman–Crippen MR) is 202 cm³/mol. The van der Waals surface area contributed by atoms with E-state index in [1.807, 2.05) is 11.8 Å². The van der Waals surface area contributed by atoms with Crippen LogP contribution in [0.4, 0.5) is 28.4 Å². The summed E-state index contributed by atoms with van der Waals surface area (Å²) >= 11 is 1.85. The smallest absolute Gasteiger partial charge is 0.0704 e. The molecular formula is C43H34N4S. The quantitative estimate of drug-likeness (QED) is 0.188. The number of anilines is 5. The molecule has 0 radical (unpaired) electrons. The maximum atomic E-state index is 3.87. The largest absolute Gasteiger partial charge is 0.386 e. The molecule has 0 bridgehead atoms. The Morgan fingerprint density at radius 1 is 0.708 bits per heavy atom. The van der Waals surface area contributed by atoms with Crippen LogP contribution in [-0.4, -0.2) is 11.5 Å². The third-order valence-corrected chi connectivity index (χ3v) is 11.5. The third-order valence-electron chi connectivity index (χ3n) is 10.4. The van der Waals surface area contributed by atoms with Crippen molar-refractivity contribution in [3.8, 4) is 0 Å². The fourth-order valence-corrected chi connectivity index (χ4v) is 9.26. The normalized spacial score (nSPS) is 18.2. The Hall–Kier alpha value is -5.39. The second kappa shape index (κ2) is 10.8. The summed E-state index contributed by atoms with van der Waals surface area (Å²) in [5.41, 5.74) is 9.71. The summed E-state index contributed by atoms with van der Waals surface area (Å²) < 4.78 is 0. The minimum absolute atomic E-state index is 0.478. The number of hydrogen-bond donors (Lipinski definition) is 2. The Morgan fingerprint density at radius 2 is 1.35 bits per heavy atom. The molecule has 48 heavy (non-hydrogen) atoms. The lowest BCUT2D eigenvalue weighted by atomic mass is 9.87. The van der Waals surface area contributed by atoms with Crippen LogP contribution in [0.3, 0.4) is 0 Å². The van der Waals surface area contributed by atoms with Gasteiger partial charge in [0, 0.05) is 61.1 Å². The van der Waals surface area contributed by atoms with E-state index in [0.717, 1.165) is 24.2 Å². The molecule has 5 heteroatoms. The highest BCUT2D eigenvalue weighted by Crippen LogP contribution is 2.56. The average Bonchev–Trinajstić information content (AvgIpc) is 3.78. The van der Waals surface area contributed by atoms with Gasteiger partial charge in [-0.2, -0.15) is 0 Å². The topological polar surface area (TPSA) is 34.3 Å². The minimum Gasteiger partial charge on any atom is -0.386 e. The fourth-order valence-electron chi connectivity index (χ4n) is 8.21. The number of nitrogens with one attached hydrogen (secondary N) is 2. The van der Waals surface area contributed by atoms with E-state index in [4.69, 9.17) is 0 Å². The van der Waals surface area contributed by atoms with Gasteiger partial charge in [-0.25, -0.2) is 0 Å². The van der Waals surface area contributed by atoms with Crippen LogP contribution >= 0.6 is 11.8 Å². The van der Waals surface area contributed by atoms with Crippen molar-refractivity contribution in [1.82, 2.24) is 10.3 Å². The van der Waals surface area contributed by atoms with Crippen LogP contribution in [0.25, 0.3) is 32.4 Å². The highest BCUT2D eigenvalue weighted by atomic mass is 32.2. The van der Waals surface area contributed by atoms with Gasteiger partial charge in [-0.1, -0.05) is 110 Å². The second-order valence-electron chi connectivity index (χ2n) is 13.1. The maximum Gasteiger partial charge on any atom is 0.0704 e. The van der Waals surface area contributed by atoms with E-state index in [9.17, 15) is 0 Å². The summed E-state index contributed by atoms with van der Waals surface area (Å²) in [6, 6.07) is 44.5. The van der Waals surface area contributed by atoms with Gasteiger partial charge in [-0.15, -0.1) is 0 Å². The van der Waals surface area contributed by atoms with Crippen LogP contribution in [0, 0.1) is 11.8 Å². The SMILES string of the molecule is CC1CNC2=C(N(c3c4ccccc4c(N4c5ccccc5Sc5ccccc54)c4ccccc34)c3cccc4cc[nH]c34)C=CCC21. The summed E-state index contributed by atoms with van der Waals surface area (Å²) in [6.07, 6.45) is 7.86. The van der Waals surface area contributed by atoms with Gasteiger partial charge in [0.1, 0.15) is 0 Å². The molecule has 1 aliphatic carbocycles. The fraction of sp³-hybridized carbons (Fsp3) is 0.116. The zero-order chi connectivity index (χ0) is 31.8. The highest BCUT2D eigenvalue weighted by molar-refractivity contribution is 7.99. The van der Waals surface area contributed by atoms with Crippen molar-refractivity contribution in [2.24, 2.45) is 11.8 Å². The summed E-state index contributed by atoms with van der Waals surface area (Å²) in [5, 5.41) is 9.96. The van der Waals surface area contributed by atoms with E-state index in [2.05, 4.69) is 167 Å². The molecule has 2 unspecified atom stereocenters. The Labute approximate surface area is 284 Å². The molecule has 7 aromatic rings. The molecule has 232 valence electrons. The summed E-state index contributed by atoms with van der Waals surface area (Å²) in [4.78, 5) is 11.2. The van der Waals surface area contributed by atoms with Crippen molar-refractivity contribution in [2.45, 2.75) is 23.1 Å². The molecule has 2 N–H and O–H groups in total. The number of para-hydroxylation sites is 3. The van der Waals surface area contributed by atoms with Crippen LogP contribution in [-0.2, 0) is 0 Å². The highest BCUT2D eigenvalue weighted by Gasteiger charge is 2.36.